The molecule has 1 saturated carbocycles. The van der Waals surface area contributed by atoms with Crippen molar-refractivity contribution in [3.8, 4) is 5.88 Å². The number of rotatable bonds is 7. The summed E-state index contributed by atoms with van der Waals surface area (Å²) >= 11 is 0. The molecule has 1 saturated heterocycles. The second-order valence-electron chi connectivity index (χ2n) is 12.8. The van der Waals surface area contributed by atoms with Crippen LogP contribution in [0.25, 0.3) is 10.8 Å². The first-order valence-electron chi connectivity index (χ1n) is 14.4. The highest BCUT2D eigenvalue weighted by atomic mass is 16.6. The lowest BCUT2D eigenvalue weighted by Crippen LogP contribution is -2.58. The highest BCUT2D eigenvalue weighted by molar-refractivity contribution is 5.93. The average Bonchev–Trinajstić information content (AvgIpc) is 2.87. The molecule has 0 spiro atoms. The summed E-state index contributed by atoms with van der Waals surface area (Å²) in [5.74, 6) is 1.30. The Balaban J connectivity index is 1.23. The van der Waals surface area contributed by atoms with Gasteiger partial charge < -0.3 is 30.2 Å². The molecule has 3 aromatic heterocycles. The zero-order valence-electron chi connectivity index (χ0n) is 24.9. The van der Waals surface area contributed by atoms with E-state index >= 15 is 0 Å². The predicted octanol–water partition coefficient (Wildman–Crippen LogP) is 4.03. The number of methoxy groups -OCH3 is 1. The molecular formula is C31H38N6O5. The lowest BCUT2D eigenvalue weighted by atomic mass is 9.80. The van der Waals surface area contributed by atoms with Crippen LogP contribution < -0.4 is 15.8 Å². The third kappa shape index (κ3) is 5.05. The maximum atomic E-state index is 12.7. The number of esters is 1. The number of carbonyl (C=O) groups is 2. The SMILES string of the molecule is COC1CN(C(=O)[C@H]2C[C@@H](Oc3ncc(C(C)(C)N)c4cc(Nc5ccc6c(n5)[C@@H](C)C(C)(C)OC6=O)ncc34)C2)C1. The van der Waals surface area contributed by atoms with E-state index in [4.69, 9.17) is 24.9 Å². The first kappa shape index (κ1) is 28.3. The van der Waals surface area contributed by atoms with Gasteiger partial charge in [-0.3, -0.25) is 4.79 Å². The van der Waals surface area contributed by atoms with Crippen molar-refractivity contribution in [2.75, 3.05) is 25.5 Å². The molecule has 0 radical (unpaired) electrons. The van der Waals surface area contributed by atoms with Crippen LogP contribution in [0.3, 0.4) is 0 Å². The minimum absolute atomic E-state index is 0.0329. The molecule has 5 heterocycles. The van der Waals surface area contributed by atoms with Gasteiger partial charge in [-0.15, -0.1) is 0 Å². The third-order valence-corrected chi connectivity index (χ3v) is 8.85. The van der Waals surface area contributed by atoms with Crippen molar-refractivity contribution in [3.63, 3.8) is 0 Å². The van der Waals surface area contributed by atoms with Gasteiger partial charge in [-0.1, -0.05) is 6.92 Å². The Hall–Kier alpha value is -3.83. The number of hydrogen-bond donors (Lipinski definition) is 2. The molecule has 11 heteroatoms. The van der Waals surface area contributed by atoms with E-state index in [0.29, 0.717) is 54.7 Å². The molecule has 1 amide bonds. The number of pyridine rings is 3. The lowest BCUT2D eigenvalue weighted by molar-refractivity contribution is -0.153. The molecule has 1 aliphatic carbocycles. The second kappa shape index (κ2) is 10.2. The summed E-state index contributed by atoms with van der Waals surface area (Å²) < 4.78 is 17.2. The van der Waals surface area contributed by atoms with Crippen LogP contribution in [0, 0.1) is 5.92 Å². The molecule has 0 aromatic carbocycles. The van der Waals surface area contributed by atoms with Crippen LogP contribution in [0.5, 0.6) is 5.88 Å². The number of cyclic esters (lactones) is 1. The maximum Gasteiger partial charge on any atom is 0.340 e. The summed E-state index contributed by atoms with van der Waals surface area (Å²) in [7, 11) is 1.67. The molecule has 3 aliphatic rings. The average molecular weight is 575 g/mol. The van der Waals surface area contributed by atoms with Crippen molar-refractivity contribution in [1.29, 1.82) is 0 Å². The molecule has 2 aliphatic heterocycles. The van der Waals surface area contributed by atoms with E-state index in [9.17, 15) is 9.59 Å². The van der Waals surface area contributed by atoms with Gasteiger partial charge >= 0.3 is 5.97 Å². The summed E-state index contributed by atoms with van der Waals surface area (Å²) in [5.41, 5.74) is 7.22. The maximum absolute atomic E-state index is 12.7. The molecule has 3 aromatic rings. The van der Waals surface area contributed by atoms with E-state index in [0.717, 1.165) is 16.3 Å². The number of anilines is 2. The normalized spacial score (nSPS) is 23.5. The van der Waals surface area contributed by atoms with E-state index in [1.165, 1.54) is 0 Å². The molecule has 222 valence electrons. The fourth-order valence-electron chi connectivity index (χ4n) is 5.72. The van der Waals surface area contributed by atoms with Gasteiger partial charge in [0.1, 0.15) is 23.3 Å². The zero-order chi connectivity index (χ0) is 30.0. The molecule has 42 heavy (non-hydrogen) atoms. The van der Waals surface area contributed by atoms with Gasteiger partial charge in [-0.05, 0) is 69.7 Å². The Labute approximate surface area is 245 Å². The van der Waals surface area contributed by atoms with Gasteiger partial charge in [0, 0.05) is 50.0 Å². The van der Waals surface area contributed by atoms with Gasteiger partial charge in [-0.2, -0.15) is 0 Å². The number of hydrogen-bond acceptors (Lipinski definition) is 10. The van der Waals surface area contributed by atoms with E-state index in [1.54, 1.807) is 31.6 Å². The van der Waals surface area contributed by atoms with Crippen LogP contribution in [-0.2, 0) is 19.8 Å². The Kier molecular flexibility index (Phi) is 6.85. The minimum Gasteiger partial charge on any atom is -0.474 e. The van der Waals surface area contributed by atoms with Crippen LogP contribution in [0.4, 0.5) is 11.6 Å². The summed E-state index contributed by atoms with van der Waals surface area (Å²) in [6, 6.07) is 5.40. The molecule has 0 bridgehead atoms. The summed E-state index contributed by atoms with van der Waals surface area (Å²) in [5, 5.41) is 4.89. The summed E-state index contributed by atoms with van der Waals surface area (Å²) in [4.78, 5) is 41.1. The Bertz CT molecular complexity index is 1560. The largest absolute Gasteiger partial charge is 0.474 e. The number of aromatic nitrogens is 3. The lowest BCUT2D eigenvalue weighted by Gasteiger charge is -2.43. The van der Waals surface area contributed by atoms with Crippen LogP contribution >= 0.6 is 0 Å². The van der Waals surface area contributed by atoms with E-state index in [1.807, 2.05) is 45.6 Å². The highest BCUT2D eigenvalue weighted by Gasteiger charge is 2.42. The second-order valence-corrected chi connectivity index (χ2v) is 12.8. The van der Waals surface area contributed by atoms with E-state index in [-0.39, 0.29) is 35.9 Å². The third-order valence-electron chi connectivity index (χ3n) is 8.85. The number of likely N-dealkylation sites (tertiary alicyclic amines) is 1. The van der Waals surface area contributed by atoms with Crippen molar-refractivity contribution < 1.29 is 23.8 Å². The number of ether oxygens (including phenoxy) is 3. The monoisotopic (exact) mass is 574 g/mol. The molecule has 6 rings (SSSR count). The van der Waals surface area contributed by atoms with Crippen molar-refractivity contribution in [3.05, 3.63) is 47.4 Å². The number of fused-ring (bicyclic) bond motifs is 2. The number of nitrogens with one attached hydrogen (secondary N) is 1. The molecule has 2 fully saturated rings. The standard InChI is InChI=1S/C31H38N6O5/c1-16-26-20(29(39)42-31(16,4)5)7-8-24(36-26)35-25-11-21-22(12-33-25)27(34-13-23(21)30(2,3)32)41-18-9-17(10-18)28(38)37-14-19(15-37)40-6/h7-8,11-13,16-19H,9-10,14-15,32H2,1-6H3,(H,33,35,36)/t16-,17-,18+/m1/s1. The quantitative estimate of drug-likeness (QED) is 0.397. The molecule has 11 nitrogen and oxygen atoms in total. The van der Waals surface area contributed by atoms with Gasteiger partial charge in [0.15, 0.2) is 0 Å². The number of nitrogens with two attached hydrogens (primary N) is 1. The smallest absolute Gasteiger partial charge is 0.340 e. The Morgan fingerprint density at radius 3 is 2.55 bits per heavy atom. The van der Waals surface area contributed by atoms with Crippen molar-refractivity contribution in [2.24, 2.45) is 11.7 Å². The van der Waals surface area contributed by atoms with Crippen LogP contribution in [0.15, 0.2) is 30.6 Å². The molecular weight excluding hydrogens is 536 g/mol. The van der Waals surface area contributed by atoms with Crippen molar-refractivity contribution >= 4 is 34.3 Å². The van der Waals surface area contributed by atoms with Gasteiger partial charge in [0.25, 0.3) is 0 Å². The fraction of sp³-hybridized carbons (Fsp3) is 0.516. The first-order chi connectivity index (χ1) is 19.8. The van der Waals surface area contributed by atoms with Gasteiger partial charge in [0.2, 0.25) is 11.8 Å². The molecule has 1 atom stereocenters. The topological polar surface area (TPSA) is 142 Å². The fourth-order valence-corrected chi connectivity index (χ4v) is 5.72. The number of amides is 1. The highest BCUT2D eigenvalue weighted by Crippen LogP contribution is 2.39. The summed E-state index contributed by atoms with van der Waals surface area (Å²) in [6.45, 7) is 11.0. The van der Waals surface area contributed by atoms with Crippen molar-refractivity contribution in [1.82, 2.24) is 19.9 Å². The van der Waals surface area contributed by atoms with Gasteiger partial charge in [-0.25, -0.2) is 19.7 Å². The predicted molar refractivity (Wildman–Crippen MR) is 157 cm³/mol. The zero-order valence-corrected chi connectivity index (χ0v) is 24.9. The van der Waals surface area contributed by atoms with Gasteiger partial charge in [0.05, 0.1) is 22.7 Å². The number of carbonyl (C=O) groups excluding carboxylic acids is 2. The molecule has 0 unspecified atom stereocenters. The Morgan fingerprint density at radius 2 is 1.86 bits per heavy atom. The minimum atomic E-state index is -0.668. The number of nitrogens with zero attached hydrogens (tertiary/aromatic N) is 4. The van der Waals surface area contributed by atoms with E-state index < -0.39 is 11.1 Å². The summed E-state index contributed by atoms with van der Waals surface area (Å²) in [6.07, 6.45) is 4.83. The molecule has 3 N–H and O–H groups in total. The first-order valence-corrected chi connectivity index (χ1v) is 14.4. The van der Waals surface area contributed by atoms with Crippen molar-refractivity contribution in [2.45, 2.75) is 76.7 Å². The van der Waals surface area contributed by atoms with E-state index in [2.05, 4.69) is 15.3 Å². The van der Waals surface area contributed by atoms with Crippen LogP contribution in [0.2, 0.25) is 0 Å². The Morgan fingerprint density at radius 1 is 1.12 bits per heavy atom. The van der Waals surface area contributed by atoms with Crippen LogP contribution in [-0.4, -0.2) is 69.7 Å². The van der Waals surface area contributed by atoms with Crippen LogP contribution in [0.1, 0.15) is 75.0 Å².